The smallest absolute Gasteiger partial charge is 0.136 e. The Hall–Kier alpha value is -1.87. The molecule has 0 aliphatic heterocycles. The van der Waals surface area contributed by atoms with Crippen LogP contribution < -0.4 is 5.73 Å². The number of nitrogen functional groups attached to an aromatic ring is 1. The van der Waals surface area contributed by atoms with Crippen LogP contribution in [0, 0.1) is 0 Å². The summed E-state index contributed by atoms with van der Waals surface area (Å²) in [5, 5.41) is 0.444. The SMILES string of the molecule is Nc1cnc(Cl)c(C=Cc2ccncc2)c1. The normalized spacial score (nSPS) is 10.8. The number of anilines is 1. The van der Waals surface area contributed by atoms with E-state index in [1.54, 1.807) is 18.5 Å². The Labute approximate surface area is 98.6 Å². The molecule has 0 saturated carbocycles. The van der Waals surface area contributed by atoms with E-state index in [0.717, 1.165) is 11.1 Å². The van der Waals surface area contributed by atoms with Crippen LogP contribution >= 0.6 is 11.6 Å². The lowest BCUT2D eigenvalue weighted by atomic mass is 10.2. The van der Waals surface area contributed by atoms with Gasteiger partial charge in [0.05, 0.1) is 11.9 Å². The van der Waals surface area contributed by atoms with Gasteiger partial charge in [-0.05, 0) is 23.8 Å². The van der Waals surface area contributed by atoms with Gasteiger partial charge in [0.2, 0.25) is 0 Å². The molecule has 2 aromatic rings. The summed E-state index contributed by atoms with van der Waals surface area (Å²) in [4.78, 5) is 7.91. The number of hydrogen-bond acceptors (Lipinski definition) is 3. The third kappa shape index (κ3) is 2.58. The number of nitrogens with zero attached hydrogens (tertiary/aromatic N) is 2. The Bertz CT molecular complexity index is 509. The number of pyridine rings is 2. The molecule has 2 aromatic heterocycles. The van der Waals surface area contributed by atoms with Gasteiger partial charge >= 0.3 is 0 Å². The summed E-state index contributed by atoms with van der Waals surface area (Å²) in [7, 11) is 0. The lowest BCUT2D eigenvalue weighted by molar-refractivity contribution is 1.32. The van der Waals surface area contributed by atoms with E-state index in [1.165, 1.54) is 6.20 Å². The van der Waals surface area contributed by atoms with Gasteiger partial charge in [-0.2, -0.15) is 0 Å². The third-order valence-corrected chi connectivity index (χ3v) is 2.36. The summed E-state index contributed by atoms with van der Waals surface area (Å²) < 4.78 is 0. The van der Waals surface area contributed by atoms with E-state index >= 15 is 0 Å². The highest BCUT2D eigenvalue weighted by atomic mass is 35.5. The molecule has 0 atom stereocenters. The van der Waals surface area contributed by atoms with E-state index < -0.39 is 0 Å². The molecule has 0 amide bonds. The number of halogens is 1. The van der Waals surface area contributed by atoms with Gasteiger partial charge < -0.3 is 5.73 Å². The monoisotopic (exact) mass is 231 g/mol. The topological polar surface area (TPSA) is 51.8 Å². The van der Waals surface area contributed by atoms with Crippen molar-refractivity contribution in [1.82, 2.24) is 9.97 Å². The van der Waals surface area contributed by atoms with Gasteiger partial charge in [0.1, 0.15) is 5.15 Å². The van der Waals surface area contributed by atoms with Crippen molar-refractivity contribution >= 4 is 29.4 Å². The molecule has 0 aliphatic rings. The second kappa shape index (κ2) is 4.77. The molecule has 16 heavy (non-hydrogen) atoms. The largest absolute Gasteiger partial charge is 0.397 e. The minimum absolute atomic E-state index is 0.444. The van der Waals surface area contributed by atoms with Gasteiger partial charge in [0.15, 0.2) is 0 Å². The average molecular weight is 232 g/mol. The maximum absolute atomic E-state index is 5.93. The van der Waals surface area contributed by atoms with E-state index in [1.807, 2.05) is 24.3 Å². The predicted molar refractivity (Wildman–Crippen MR) is 66.8 cm³/mol. The van der Waals surface area contributed by atoms with Crippen LogP contribution in [0.15, 0.2) is 36.8 Å². The number of hydrogen-bond donors (Lipinski definition) is 1. The van der Waals surface area contributed by atoms with Gasteiger partial charge in [-0.15, -0.1) is 0 Å². The lowest BCUT2D eigenvalue weighted by Crippen LogP contribution is -1.88. The zero-order valence-corrected chi connectivity index (χ0v) is 9.22. The van der Waals surface area contributed by atoms with Crippen LogP contribution in [0.3, 0.4) is 0 Å². The van der Waals surface area contributed by atoms with Crippen LogP contribution in [0.1, 0.15) is 11.1 Å². The van der Waals surface area contributed by atoms with Crippen LogP contribution in [-0.2, 0) is 0 Å². The average Bonchev–Trinajstić information content (AvgIpc) is 2.32. The van der Waals surface area contributed by atoms with E-state index in [-0.39, 0.29) is 0 Å². The molecular formula is C12H10ClN3. The van der Waals surface area contributed by atoms with Crippen LogP contribution in [-0.4, -0.2) is 9.97 Å². The Morgan fingerprint density at radius 1 is 1.19 bits per heavy atom. The van der Waals surface area contributed by atoms with Crippen LogP contribution in [0.5, 0.6) is 0 Å². The summed E-state index contributed by atoms with van der Waals surface area (Å²) in [5.41, 5.74) is 8.08. The fourth-order valence-electron chi connectivity index (χ4n) is 1.26. The first-order valence-electron chi connectivity index (χ1n) is 4.75. The fraction of sp³-hybridized carbons (Fsp3) is 0. The van der Waals surface area contributed by atoms with Crippen molar-refractivity contribution in [3.05, 3.63) is 53.1 Å². The summed E-state index contributed by atoms with van der Waals surface area (Å²) in [5.74, 6) is 0. The van der Waals surface area contributed by atoms with Crippen LogP contribution in [0.4, 0.5) is 5.69 Å². The van der Waals surface area contributed by atoms with Gasteiger partial charge in [-0.1, -0.05) is 23.8 Å². The van der Waals surface area contributed by atoms with Gasteiger partial charge in [-0.3, -0.25) is 4.98 Å². The highest BCUT2D eigenvalue weighted by Gasteiger charge is 1.97. The molecule has 0 spiro atoms. The van der Waals surface area contributed by atoms with Crippen molar-refractivity contribution in [3.8, 4) is 0 Å². The minimum Gasteiger partial charge on any atom is -0.397 e. The molecule has 2 rings (SSSR count). The highest BCUT2D eigenvalue weighted by molar-refractivity contribution is 6.31. The van der Waals surface area contributed by atoms with Crippen molar-refractivity contribution in [2.45, 2.75) is 0 Å². The first kappa shape index (κ1) is 10.6. The molecule has 80 valence electrons. The molecular weight excluding hydrogens is 222 g/mol. The molecule has 0 unspecified atom stereocenters. The number of nitrogens with two attached hydrogens (primary N) is 1. The molecule has 0 saturated heterocycles. The van der Waals surface area contributed by atoms with Crippen molar-refractivity contribution in [1.29, 1.82) is 0 Å². The van der Waals surface area contributed by atoms with E-state index in [0.29, 0.717) is 10.8 Å². The Balaban J connectivity index is 2.27. The minimum atomic E-state index is 0.444. The van der Waals surface area contributed by atoms with Crippen molar-refractivity contribution < 1.29 is 0 Å². The van der Waals surface area contributed by atoms with Gasteiger partial charge in [-0.25, -0.2) is 4.98 Å². The van der Waals surface area contributed by atoms with Gasteiger partial charge in [0.25, 0.3) is 0 Å². The Kier molecular flexibility index (Phi) is 3.17. The van der Waals surface area contributed by atoms with E-state index in [9.17, 15) is 0 Å². The molecule has 0 bridgehead atoms. The number of rotatable bonds is 2. The van der Waals surface area contributed by atoms with Gasteiger partial charge in [0, 0.05) is 18.0 Å². The standard InChI is InChI=1S/C12H10ClN3/c13-12-10(7-11(14)8-16-12)2-1-9-3-5-15-6-4-9/h1-8H,14H2. The quantitative estimate of drug-likeness (QED) is 0.809. The molecule has 0 fully saturated rings. The molecule has 0 aliphatic carbocycles. The maximum atomic E-state index is 5.93. The fourth-order valence-corrected chi connectivity index (χ4v) is 1.43. The third-order valence-electron chi connectivity index (χ3n) is 2.05. The zero-order valence-electron chi connectivity index (χ0n) is 8.47. The van der Waals surface area contributed by atoms with Crippen LogP contribution in [0.2, 0.25) is 5.15 Å². The Morgan fingerprint density at radius 3 is 2.69 bits per heavy atom. The summed E-state index contributed by atoms with van der Waals surface area (Å²) >= 11 is 5.93. The summed E-state index contributed by atoms with van der Waals surface area (Å²) in [6, 6.07) is 5.60. The maximum Gasteiger partial charge on any atom is 0.136 e. The molecule has 0 aromatic carbocycles. The van der Waals surface area contributed by atoms with E-state index in [4.69, 9.17) is 17.3 Å². The molecule has 2 heterocycles. The molecule has 4 heteroatoms. The van der Waals surface area contributed by atoms with Crippen molar-refractivity contribution in [2.75, 3.05) is 5.73 Å². The van der Waals surface area contributed by atoms with Crippen LogP contribution in [0.25, 0.3) is 12.2 Å². The van der Waals surface area contributed by atoms with Crippen molar-refractivity contribution in [2.24, 2.45) is 0 Å². The summed E-state index contributed by atoms with van der Waals surface area (Å²) in [6.45, 7) is 0. The van der Waals surface area contributed by atoms with E-state index in [2.05, 4.69) is 9.97 Å². The lowest BCUT2D eigenvalue weighted by Gasteiger charge is -1.98. The Morgan fingerprint density at radius 2 is 1.94 bits per heavy atom. The zero-order chi connectivity index (χ0) is 11.4. The van der Waals surface area contributed by atoms with Crippen molar-refractivity contribution in [3.63, 3.8) is 0 Å². The predicted octanol–water partition coefficient (Wildman–Crippen LogP) is 2.88. The number of aromatic nitrogens is 2. The highest BCUT2D eigenvalue weighted by Crippen LogP contribution is 2.18. The second-order valence-electron chi connectivity index (χ2n) is 3.26. The molecule has 2 N–H and O–H groups in total. The molecule has 0 radical (unpaired) electrons. The first-order valence-corrected chi connectivity index (χ1v) is 5.12. The molecule has 3 nitrogen and oxygen atoms in total. The summed E-state index contributed by atoms with van der Waals surface area (Å²) in [6.07, 6.45) is 8.81. The second-order valence-corrected chi connectivity index (χ2v) is 3.62. The first-order chi connectivity index (χ1) is 7.75.